The molecule has 1 aliphatic heterocycles. The number of fused-ring (bicyclic) bond motifs is 2. The van der Waals surface area contributed by atoms with Gasteiger partial charge in [-0.3, -0.25) is 4.79 Å². The number of hydrogen-bond donors (Lipinski definition) is 1. The Bertz CT molecular complexity index is 1690. The summed E-state index contributed by atoms with van der Waals surface area (Å²) in [4.78, 5) is 27.1. The first-order valence-electron chi connectivity index (χ1n) is 13.3. The van der Waals surface area contributed by atoms with Crippen molar-refractivity contribution >= 4 is 40.1 Å². The maximum atomic E-state index is 14.2. The summed E-state index contributed by atoms with van der Waals surface area (Å²) in [7, 11) is 1.51. The topological polar surface area (TPSA) is 126 Å². The number of carboxylic acid groups (broad SMARTS) is 1. The second-order valence-corrected chi connectivity index (χ2v) is 10.7. The zero-order valence-electron chi connectivity index (χ0n) is 23.8. The van der Waals surface area contributed by atoms with Crippen molar-refractivity contribution in [2.24, 2.45) is 0 Å². The molecule has 10 nitrogen and oxygen atoms in total. The molecule has 0 saturated heterocycles. The molecule has 3 aromatic carbocycles. The Hall–Kier alpha value is -4.64. The van der Waals surface area contributed by atoms with E-state index in [9.17, 15) is 14.7 Å². The van der Waals surface area contributed by atoms with E-state index in [1.165, 1.54) is 7.11 Å². The highest BCUT2D eigenvalue weighted by Gasteiger charge is 2.27. The molecule has 0 bridgehead atoms. The van der Waals surface area contributed by atoms with Gasteiger partial charge in [0.1, 0.15) is 11.0 Å². The average molecular weight is 591 g/mol. The molecule has 0 fully saturated rings. The molecule has 0 radical (unpaired) electrons. The van der Waals surface area contributed by atoms with Crippen molar-refractivity contribution in [3.8, 4) is 28.7 Å². The predicted molar refractivity (Wildman–Crippen MR) is 157 cm³/mol. The Morgan fingerprint density at radius 3 is 2.29 bits per heavy atom. The normalized spacial score (nSPS) is 12.9. The summed E-state index contributed by atoms with van der Waals surface area (Å²) >= 11 is 1.03. The van der Waals surface area contributed by atoms with Gasteiger partial charge in [-0.2, -0.15) is 8.75 Å². The second-order valence-electron chi connectivity index (χ2n) is 10.2. The van der Waals surface area contributed by atoms with Crippen LogP contribution in [0, 0.1) is 0 Å². The summed E-state index contributed by atoms with van der Waals surface area (Å²) in [6.45, 7) is 7.61. The highest BCUT2D eigenvalue weighted by atomic mass is 32.1. The number of carboxylic acids is 1. The Kier molecular flexibility index (Phi) is 8.30. The van der Waals surface area contributed by atoms with Crippen LogP contribution in [0.5, 0.6) is 28.7 Å². The molecular weight excluding hydrogens is 560 g/mol. The molecule has 5 rings (SSSR count). The van der Waals surface area contributed by atoms with Crippen molar-refractivity contribution in [2.75, 3.05) is 13.9 Å². The van der Waals surface area contributed by atoms with Gasteiger partial charge in [-0.05, 0) is 81.3 Å². The summed E-state index contributed by atoms with van der Waals surface area (Å²) in [6, 6.07) is 13.2. The first kappa shape index (κ1) is 28.9. The number of nitrogens with zero attached hydrogens (tertiary/aromatic N) is 2. The second kappa shape index (κ2) is 12.1. The fraction of sp³-hybridized carbons (Fsp3) is 0.290. The Morgan fingerprint density at radius 2 is 1.57 bits per heavy atom. The van der Waals surface area contributed by atoms with Crippen molar-refractivity contribution in [3.05, 3.63) is 70.8 Å². The van der Waals surface area contributed by atoms with E-state index in [1.54, 1.807) is 48.5 Å². The Labute approximate surface area is 246 Å². The summed E-state index contributed by atoms with van der Waals surface area (Å²) < 4.78 is 37.1. The molecule has 0 spiro atoms. The van der Waals surface area contributed by atoms with Crippen LogP contribution in [0.1, 0.15) is 49.2 Å². The molecule has 0 saturated carbocycles. The van der Waals surface area contributed by atoms with Crippen LogP contribution < -0.4 is 23.7 Å². The number of carbonyl (C=O) groups is 2. The van der Waals surface area contributed by atoms with Crippen molar-refractivity contribution in [1.29, 1.82) is 0 Å². The van der Waals surface area contributed by atoms with Crippen LogP contribution in [0.3, 0.4) is 0 Å². The number of rotatable bonds is 11. The standard InChI is InChI=1S/C31H30N2O8S/c1-16(2)40-27-12-18(11-26(37-5)30(27)41-17(3)4)10-21(29(34)20-7-9-24-25(14-20)39-15-38-24)28(31(35)36)19-6-8-22-23(13-19)33-42-32-22/h6-9,11-14,16-17H,10,15H2,1-5H3,(H,35,36)/b28-21+. The van der Waals surface area contributed by atoms with Crippen LogP contribution in [0.4, 0.5) is 0 Å². The average Bonchev–Trinajstić information content (AvgIpc) is 3.61. The number of ether oxygens (including phenoxy) is 5. The van der Waals surface area contributed by atoms with E-state index in [4.69, 9.17) is 23.7 Å². The van der Waals surface area contributed by atoms with Crippen LogP contribution in [0.25, 0.3) is 16.6 Å². The van der Waals surface area contributed by atoms with E-state index >= 15 is 0 Å². The van der Waals surface area contributed by atoms with Crippen molar-refractivity contribution < 1.29 is 38.4 Å². The van der Waals surface area contributed by atoms with E-state index in [1.807, 2.05) is 27.7 Å². The fourth-order valence-corrected chi connectivity index (χ4v) is 5.16. The van der Waals surface area contributed by atoms with Crippen LogP contribution in [-0.4, -0.2) is 51.7 Å². The monoisotopic (exact) mass is 590 g/mol. The molecule has 1 aromatic heterocycles. The number of Topliss-reactive ketones (excluding diaryl/α,β-unsaturated/α-hetero) is 1. The number of aliphatic carboxylic acids is 1. The lowest BCUT2D eigenvalue weighted by Gasteiger charge is -2.21. The molecule has 218 valence electrons. The zero-order valence-corrected chi connectivity index (χ0v) is 24.6. The van der Waals surface area contributed by atoms with Crippen LogP contribution >= 0.6 is 11.7 Å². The minimum Gasteiger partial charge on any atom is -0.493 e. The number of allylic oxidation sites excluding steroid dienone is 1. The molecule has 0 aliphatic carbocycles. The maximum absolute atomic E-state index is 14.2. The van der Waals surface area contributed by atoms with Crippen LogP contribution in [0.15, 0.2) is 54.1 Å². The van der Waals surface area contributed by atoms with Gasteiger partial charge >= 0.3 is 5.97 Å². The number of methoxy groups -OCH3 is 1. The molecule has 1 N–H and O–H groups in total. The largest absolute Gasteiger partial charge is 0.493 e. The van der Waals surface area contributed by atoms with E-state index in [0.29, 0.717) is 50.9 Å². The maximum Gasteiger partial charge on any atom is 0.336 e. The molecule has 11 heteroatoms. The number of aromatic nitrogens is 2. The first-order valence-corrected chi connectivity index (χ1v) is 14.0. The van der Waals surface area contributed by atoms with Gasteiger partial charge in [0.05, 0.1) is 36.6 Å². The van der Waals surface area contributed by atoms with Gasteiger partial charge in [-0.15, -0.1) is 0 Å². The fourth-order valence-electron chi connectivity index (χ4n) is 4.64. The molecule has 0 amide bonds. The zero-order chi connectivity index (χ0) is 30.0. The third-order valence-electron chi connectivity index (χ3n) is 6.36. The smallest absolute Gasteiger partial charge is 0.336 e. The third kappa shape index (κ3) is 6.01. The molecule has 1 aliphatic rings. The van der Waals surface area contributed by atoms with E-state index in [-0.39, 0.29) is 42.1 Å². The lowest BCUT2D eigenvalue weighted by atomic mass is 9.89. The van der Waals surface area contributed by atoms with Gasteiger partial charge in [-0.25, -0.2) is 4.79 Å². The van der Waals surface area contributed by atoms with Gasteiger partial charge in [-0.1, -0.05) is 6.07 Å². The summed E-state index contributed by atoms with van der Waals surface area (Å²) in [5.41, 5.74) is 2.26. The molecule has 0 unspecified atom stereocenters. The minimum atomic E-state index is -1.26. The summed E-state index contributed by atoms with van der Waals surface area (Å²) in [6.07, 6.45) is -0.386. The van der Waals surface area contributed by atoms with Gasteiger partial charge < -0.3 is 28.8 Å². The van der Waals surface area contributed by atoms with E-state index in [0.717, 1.165) is 11.7 Å². The Morgan fingerprint density at radius 1 is 0.881 bits per heavy atom. The number of hydrogen-bond acceptors (Lipinski definition) is 10. The quantitative estimate of drug-likeness (QED) is 0.165. The summed E-state index contributed by atoms with van der Waals surface area (Å²) in [5, 5.41) is 10.5. The Balaban J connectivity index is 1.69. The highest BCUT2D eigenvalue weighted by molar-refractivity contribution is 7.00. The predicted octanol–water partition coefficient (Wildman–Crippen LogP) is 5.97. The molecular formula is C31H30N2O8S. The van der Waals surface area contributed by atoms with Crippen molar-refractivity contribution in [2.45, 2.75) is 46.3 Å². The molecule has 2 heterocycles. The highest BCUT2D eigenvalue weighted by Crippen LogP contribution is 2.41. The van der Waals surface area contributed by atoms with Crippen LogP contribution in [-0.2, 0) is 11.2 Å². The first-order chi connectivity index (χ1) is 20.1. The number of ketones is 1. The SMILES string of the molecule is COc1cc(C/C(C(=O)c2ccc3c(c2)OCO3)=C(\C(=O)O)c2ccc3nsnc3c2)cc(OC(C)C)c1OC(C)C. The van der Waals surface area contributed by atoms with Gasteiger partial charge in [0, 0.05) is 17.6 Å². The van der Waals surface area contributed by atoms with E-state index in [2.05, 4.69) is 8.75 Å². The number of benzene rings is 3. The molecule has 0 atom stereocenters. The van der Waals surface area contributed by atoms with E-state index < -0.39 is 11.8 Å². The lowest BCUT2D eigenvalue weighted by Crippen LogP contribution is -2.15. The van der Waals surface area contributed by atoms with Gasteiger partial charge in [0.15, 0.2) is 28.8 Å². The molecule has 42 heavy (non-hydrogen) atoms. The van der Waals surface area contributed by atoms with Gasteiger partial charge in [0.25, 0.3) is 0 Å². The minimum absolute atomic E-state index is 0.0426. The summed E-state index contributed by atoms with van der Waals surface area (Å²) in [5.74, 6) is 0.447. The number of carbonyl (C=O) groups excluding carboxylic acids is 1. The lowest BCUT2D eigenvalue weighted by molar-refractivity contribution is -0.130. The van der Waals surface area contributed by atoms with Gasteiger partial charge in [0.2, 0.25) is 12.5 Å². The third-order valence-corrected chi connectivity index (χ3v) is 6.92. The van der Waals surface area contributed by atoms with Crippen LogP contribution in [0.2, 0.25) is 0 Å². The molecule has 4 aromatic rings. The van der Waals surface area contributed by atoms with Crippen molar-refractivity contribution in [1.82, 2.24) is 8.75 Å². The van der Waals surface area contributed by atoms with Crippen molar-refractivity contribution in [3.63, 3.8) is 0 Å².